The lowest BCUT2D eigenvalue weighted by Crippen LogP contribution is -2.56. The van der Waals surface area contributed by atoms with Gasteiger partial charge in [0.05, 0.1) is 24.3 Å². The first-order valence-electron chi connectivity index (χ1n) is 6.89. The Bertz CT molecular complexity index is 412. The number of carbonyl (C=O) groups is 1. The Hall–Kier alpha value is -1.10. The molecule has 108 valence electrons. The van der Waals surface area contributed by atoms with Crippen LogP contribution in [0.1, 0.15) is 47.0 Å². The maximum Gasteiger partial charge on any atom is 0.354 e. The Balaban J connectivity index is 2.45. The Morgan fingerprint density at radius 1 is 1.47 bits per heavy atom. The summed E-state index contributed by atoms with van der Waals surface area (Å²) in [7, 11) is 0. The van der Waals surface area contributed by atoms with Crippen molar-refractivity contribution in [2.45, 2.75) is 52.6 Å². The van der Waals surface area contributed by atoms with Gasteiger partial charge in [-0.2, -0.15) is 0 Å². The molecule has 0 amide bonds. The number of rotatable bonds is 3. The lowest BCUT2D eigenvalue weighted by atomic mass is 9.65. The molecule has 1 aliphatic carbocycles. The summed E-state index contributed by atoms with van der Waals surface area (Å²) in [5.41, 5.74) is -1.33. The van der Waals surface area contributed by atoms with E-state index in [4.69, 9.17) is 9.57 Å². The van der Waals surface area contributed by atoms with E-state index in [1.165, 1.54) is 0 Å². The van der Waals surface area contributed by atoms with Crippen molar-refractivity contribution in [2.75, 3.05) is 13.2 Å². The van der Waals surface area contributed by atoms with Gasteiger partial charge >= 0.3 is 5.97 Å². The van der Waals surface area contributed by atoms with E-state index in [9.17, 15) is 9.90 Å². The van der Waals surface area contributed by atoms with Crippen molar-refractivity contribution in [1.82, 2.24) is 0 Å². The molecule has 1 saturated carbocycles. The van der Waals surface area contributed by atoms with E-state index in [2.05, 4.69) is 5.16 Å². The molecule has 1 aliphatic heterocycles. The first-order chi connectivity index (χ1) is 8.84. The number of hydrogen-bond donors (Lipinski definition) is 1. The first kappa shape index (κ1) is 14.3. The van der Waals surface area contributed by atoms with E-state index in [0.717, 1.165) is 12.1 Å². The molecule has 0 bridgehead atoms. The molecule has 0 spiro atoms. The molecule has 2 aliphatic rings. The van der Waals surface area contributed by atoms with Gasteiger partial charge in [-0.1, -0.05) is 25.9 Å². The molecule has 2 rings (SSSR count). The number of esters is 1. The predicted molar refractivity (Wildman–Crippen MR) is 70.7 cm³/mol. The minimum atomic E-state index is -1.12. The van der Waals surface area contributed by atoms with Crippen molar-refractivity contribution in [3.63, 3.8) is 0 Å². The van der Waals surface area contributed by atoms with Gasteiger partial charge in [0.25, 0.3) is 0 Å². The number of aliphatic hydroxyl groups excluding tert-OH is 1. The molecule has 19 heavy (non-hydrogen) atoms. The van der Waals surface area contributed by atoms with Crippen LogP contribution in [0.2, 0.25) is 0 Å². The number of hydrogen-bond acceptors (Lipinski definition) is 5. The molecular weight excluding hydrogens is 246 g/mol. The minimum Gasteiger partial charge on any atom is -0.463 e. The van der Waals surface area contributed by atoms with Crippen LogP contribution in [0, 0.1) is 10.8 Å². The molecule has 0 aromatic carbocycles. The van der Waals surface area contributed by atoms with Crippen molar-refractivity contribution in [2.24, 2.45) is 16.0 Å². The summed E-state index contributed by atoms with van der Waals surface area (Å²) in [6.07, 6.45) is 2.09. The average molecular weight is 269 g/mol. The summed E-state index contributed by atoms with van der Waals surface area (Å²) in [6.45, 7) is 7.99. The highest BCUT2D eigenvalue weighted by Crippen LogP contribution is 2.56. The second-order valence-electron chi connectivity index (χ2n) is 6.42. The number of oxime groups is 1. The van der Waals surface area contributed by atoms with Crippen molar-refractivity contribution in [1.29, 1.82) is 0 Å². The maximum absolute atomic E-state index is 12.4. The molecule has 1 N–H and O–H groups in total. The van der Waals surface area contributed by atoms with Crippen LogP contribution in [0.25, 0.3) is 0 Å². The van der Waals surface area contributed by atoms with Gasteiger partial charge in [-0.05, 0) is 19.8 Å². The third-order valence-corrected chi connectivity index (χ3v) is 4.24. The molecule has 0 aromatic heterocycles. The summed E-state index contributed by atoms with van der Waals surface area (Å²) in [6, 6.07) is 0. The summed E-state index contributed by atoms with van der Waals surface area (Å²) >= 11 is 0. The Morgan fingerprint density at radius 3 is 2.68 bits per heavy atom. The normalized spacial score (nSPS) is 33.6. The zero-order chi connectivity index (χ0) is 14.3. The molecule has 2 unspecified atom stereocenters. The van der Waals surface area contributed by atoms with Crippen molar-refractivity contribution < 1.29 is 19.5 Å². The van der Waals surface area contributed by atoms with Crippen LogP contribution in [0.3, 0.4) is 0 Å². The Kier molecular flexibility index (Phi) is 3.37. The molecule has 5 heteroatoms. The molecule has 1 heterocycles. The fraction of sp³-hybridized carbons (Fsp3) is 0.857. The van der Waals surface area contributed by atoms with Crippen LogP contribution in [0.5, 0.6) is 0 Å². The summed E-state index contributed by atoms with van der Waals surface area (Å²) in [5.74, 6) is -0.399. The van der Waals surface area contributed by atoms with Crippen LogP contribution in [0.4, 0.5) is 0 Å². The molecule has 1 fully saturated rings. The summed E-state index contributed by atoms with van der Waals surface area (Å²) < 4.78 is 5.17. The number of nitrogens with zero attached hydrogens (tertiary/aromatic N) is 1. The second-order valence-corrected chi connectivity index (χ2v) is 6.42. The smallest absolute Gasteiger partial charge is 0.354 e. The van der Waals surface area contributed by atoms with Gasteiger partial charge in [0.15, 0.2) is 0 Å². The second kappa shape index (κ2) is 4.47. The lowest BCUT2D eigenvalue weighted by Gasteiger charge is -2.38. The third-order valence-electron chi connectivity index (χ3n) is 4.24. The van der Waals surface area contributed by atoms with Gasteiger partial charge in [-0.15, -0.1) is 0 Å². The van der Waals surface area contributed by atoms with Gasteiger partial charge in [0.2, 0.25) is 5.60 Å². The summed E-state index contributed by atoms with van der Waals surface area (Å²) in [5, 5.41) is 14.1. The number of ether oxygens (including phenoxy) is 1. The van der Waals surface area contributed by atoms with E-state index < -0.39 is 17.0 Å². The molecule has 5 nitrogen and oxygen atoms in total. The van der Waals surface area contributed by atoms with Gasteiger partial charge in [0.1, 0.15) is 0 Å². The number of aliphatic hydroxyl groups is 1. The van der Waals surface area contributed by atoms with Gasteiger partial charge in [-0.3, -0.25) is 0 Å². The van der Waals surface area contributed by atoms with Gasteiger partial charge < -0.3 is 14.7 Å². The van der Waals surface area contributed by atoms with E-state index >= 15 is 0 Å². The highest BCUT2D eigenvalue weighted by atomic mass is 16.7. The maximum atomic E-state index is 12.4. The largest absolute Gasteiger partial charge is 0.463 e. The predicted octanol–water partition coefficient (Wildman–Crippen LogP) is 1.88. The molecule has 0 radical (unpaired) electrons. The van der Waals surface area contributed by atoms with E-state index in [1.54, 1.807) is 6.92 Å². The van der Waals surface area contributed by atoms with Crippen molar-refractivity contribution in [3.05, 3.63) is 0 Å². The SMILES string of the molecule is CCOC(=O)C12CCCC1(CO)C(C(C)(C)C)=NO2. The minimum absolute atomic E-state index is 0.137. The molecule has 0 saturated heterocycles. The van der Waals surface area contributed by atoms with Crippen LogP contribution < -0.4 is 0 Å². The highest BCUT2D eigenvalue weighted by Gasteiger charge is 2.70. The van der Waals surface area contributed by atoms with E-state index in [1.807, 2.05) is 20.8 Å². The third kappa shape index (κ3) is 1.78. The molecule has 2 atom stereocenters. The topological polar surface area (TPSA) is 68.1 Å². The number of carbonyl (C=O) groups excluding carboxylic acids is 1. The first-order valence-corrected chi connectivity index (χ1v) is 6.89. The van der Waals surface area contributed by atoms with Crippen LogP contribution >= 0.6 is 0 Å². The van der Waals surface area contributed by atoms with Crippen LogP contribution in [-0.2, 0) is 14.4 Å². The Labute approximate surface area is 114 Å². The van der Waals surface area contributed by atoms with E-state index in [0.29, 0.717) is 19.4 Å². The summed E-state index contributed by atoms with van der Waals surface area (Å²) in [4.78, 5) is 17.9. The van der Waals surface area contributed by atoms with Gasteiger partial charge in [0, 0.05) is 11.8 Å². The van der Waals surface area contributed by atoms with E-state index in [-0.39, 0.29) is 12.0 Å². The lowest BCUT2D eigenvalue weighted by molar-refractivity contribution is -0.179. The number of fused-ring (bicyclic) bond motifs is 1. The van der Waals surface area contributed by atoms with Gasteiger partial charge in [-0.25, -0.2) is 4.79 Å². The quantitative estimate of drug-likeness (QED) is 0.794. The molecular formula is C14H23NO4. The monoisotopic (exact) mass is 269 g/mol. The average Bonchev–Trinajstić information content (AvgIpc) is 2.81. The standard InChI is InChI=1S/C14H23NO4/c1-5-18-11(17)14-8-6-7-13(14,9-16)10(15-19-14)12(2,3)4/h16H,5-9H2,1-4H3. The van der Waals surface area contributed by atoms with Crippen molar-refractivity contribution in [3.8, 4) is 0 Å². The zero-order valence-corrected chi connectivity index (χ0v) is 12.2. The Morgan fingerprint density at radius 2 is 2.16 bits per heavy atom. The fourth-order valence-corrected chi connectivity index (χ4v) is 3.45. The molecule has 0 aromatic rings. The van der Waals surface area contributed by atoms with Crippen LogP contribution in [-0.4, -0.2) is 35.6 Å². The highest BCUT2D eigenvalue weighted by molar-refractivity contribution is 6.02. The fourth-order valence-electron chi connectivity index (χ4n) is 3.45. The zero-order valence-electron chi connectivity index (χ0n) is 12.2. The van der Waals surface area contributed by atoms with Crippen LogP contribution in [0.15, 0.2) is 5.16 Å². The van der Waals surface area contributed by atoms with Crippen molar-refractivity contribution >= 4 is 11.7 Å².